The van der Waals surface area contributed by atoms with Crippen LogP contribution in [0.1, 0.15) is 31.9 Å². The van der Waals surface area contributed by atoms with Crippen molar-refractivity contribution < 1.29 is 9.90 Å². The highest BCUT2D eigenvalue weighted by Crippen LogP contribution is 2.30. The standard InChI is InChI=1S/C12H15Cl2NO2/c1-3-7(2)15-11(12(16)17)8-5-4-6-9(13)10(8)14/h4-7,11,15H,3H2,1-2H3,(H,16,17). The first-order chi connectivity index (χ1) is 7.97. The molecule has 2 N–H and O–H groups in total. The minimum atomic E-state index is -0.963. The molecule has 0 aromatic heterocycles. The quantitative estimate of drug-likeness (QED) is 0.865. The predicted octanol–water partition coefficient (Wildman–Crippen LogP) is 3.51. The van der Waals surface area contributed by atoms with Crippen LogP contribution in [0.5, 0.6) is 0 Å². The molecule has 2 unspecified atom stereocenters. The fourth-order valence-corrected chi connectivity index (χ4v) is 1.86. The van der Waals surface area contributed by atoms with Gasteiger partial charge >= 0.3 is 5.97 Å². The molecule has 5 heteroatoms. The molecule has 0 bridgehead atoms. The summed E-state index contributed by atoms with van der Waals surface area (Å²) in [4.78, 5) is 11.3. The van der Waals surface area contributed by atoms with E-state index in [0.29, 0.717) is 10.6 Å². The van der Waals surface area contributed by atoms with Gasteiger partial charge in [0.05, 0.1) is 10.0 Å². The van der Waals surface area contributed by atoms with E-state index >= 15 is 0 Å². The van der Waals surface area contributed by atoms with E-state index in [2.05, 4.69) is 5.32 Å². The van der Waals surface area contributed by atoms with Crippen LogP contribution in [0.15, 0.2) is 18.2 Å². The van der Waals surface area contributed by atoms with Crippen LogP contribution >= 0.6 is 23.2 Å². The smallest absolute Gasteiger partial charge is 0.325 e. The zero-order chi connectivity index (χ0) is 13.0. The van der Waals surface area contributed by atoms with Gasteiger partial charge in [0.2, 0.25) is 0 Å². The van der Waals surface area contributed by atoms with Gasteiger partial charge in [-0.15, -0.1) is 0 Å². The summed E-state index contributed by atoms with van der Waals surface area (Å²) in [6.07, 6.45) is 0.835. The molecule has 0 fully saturated rings. The molecule has 0 radical (unpaired) electrons. The fraction of sp³-hybridized carbons (Fsp3) is 0.417. The van der Waals surface area contributed by atoms with Crippen molar-refractivity contribution in [3.8, 4) is 0 Å². The normalized spacial score (nSPS) is 14.4. The van der Waals surface area contributed by atoms with Gasteiger partial charge < -0.3 is 5.11 Å². The zero-order valence-electron chi connectivity index (χ0n) is 9.71. The molecule has 0 aliphatic heterocycles. The van der Waals surface area contributed by atoms with Gasteiger partial charge in [0, 0.05) is 11.6 Å². The number of carbonyl (C=O) groups is 1. The van der Waals surface area contributed by atoms with Crippen molar-refractivity contribution in [2.45, 2.75) is 32.4 Å². The van der Waals surface area contributed by atoms with Gasteiger partial charge in [-0.25, -0.2) is 0 Å². The first-order valence-corrected chi connectivity index (χ1v) is 6.15. The van der Waals surface area contributed by atoms with E-state index in [-0.39, 0.29) is 11.1 Å². The first-order valence-electron chi connectivity index (χ1n) is 5.40. The Morgan fingerprint density at radius 1 is 1.47 bits per heavy atom. The largest absolute Gasteiger partial charge is 0.480 e. The van der Waals surface area contributed by atoms with Crippen molar-refractivity contribution >= 4 is 29.2 Å². The lowest BCUT2D eigenvalue weighted by atomic mass is 10.1. The van der Waals surface area contributed by atoms with Crippen molar-refractivity contribution in [2.24, 2.45) is 0 Å². The number of carboxylic acids is 1. The number of carboxylic acid groups (broad SMARTS) is 1. The lowest BCUT2D eigenvalue weighted by Gasteiger charge is -2.20. The molecule has 1 aromatic rings. The Kier molecular flexibility index (Phi) is 5.25. The monoisotopic (exact) mass is 275 g/mol. The summed E-state index contributed by atoms with van der Waals surface area (Å²) in [5.41, 5.74) is 0.493. The molecule has 0 spiro atoms. The maximum atomic E-state index is 11.3. The molecule has 94 valence electrons. The molecule has 1 aromatic carbocycles. The summed E-state index contributed by atoms with van der Waals surface area (Å²) in [5.74, 6) is -0.963. The molecular formula is C12H15Cl2NO2. The molecule has 0 heterocycles. The third-order valence-corrected chi connectivity index (χ3v) is 3.44. The Morgan fingerprint density at radius 3 is 2.65 bits per heavy atom. The third-order valence-electron chi connectivity index (χ3n) is 2.60. The number of hydrogen-bond donors (Lipinski definition) is 2. The maximum Gasteiger partial charge on any atom is 0.325 e. The van der Waals surface area contributed by atoms with E-state index in [1.54, 1.807) is 18.2 Å². The van der Waals surface area contributed by atoms with E-state index in [4.69, 9.17) is 23.2 Å². The van der Waals surface area contributed by atoms with Gasteiger partial charge in [0.25, 0.3) is 0 Å². The Labute approximate surface area is 111 Å². The molecule has 0 amide bonds. The van der Waals surface area contributed by atoms with Crippen molar-refractivity contribution in [2.75, 3.05) is 0 Å². The van der Waals surface area contributed by atoms with Crippen LogP contribution in [0.2, 0.25) is 10.0 Å². The molecule has 1 rings (SSSR count). The highest BCUT2D eigenvalue weighted by Gasteiger charge is 2.24. The van der Waals surface area contributed by atoms with Gasteiger partial charge in [-0.1, -0.05) is 42.3 Å². The number of rotatable bonds is 5. The molecule has 2 atom stereocenters. The summed E-state index contributed by atoms with van der Waals surface area (Å²) >= 11 is 11.9. The second-order valence-electron chi connectivity index (χ2n) is 3.89. The van der Waals surface area contributed by atoms with Gasteiger partial charge in [0.1, 0.15) is 6.04 Å². The Morgan fingerprint density at radius 2 is 2.12 bits per heavy atom. The molecule has 17 heavy (non-hydrogen) atoms. The van der Waals surface area contributed by atoms with E-state index < -0.39 is 12.0 Å². The minimum Gasteiger partial charge on any atom is -0.480 e. The first kappa shape index (κ1) is 14.3. The van der Waals surface area contributed by atoms with Crippen LogP contribution in [0.4, 0.5) is 0 Å². The Bertz CT molecular complexity index is 409. The average molecular weight is 276 g/mol. The summed E-state index contributed by atoms with van der Waals surface area (Å²) < 4.78 is 0. The van der Waals surface area contributed by atoms with Crippen molar-refractivity contribution in [3.63, 3.8) is 0 Å². The molecule has 0 saturated carbocycles. The topological polar surface area (TPSA) is 49.3 Å². The second-order valence-corrected chi connectivity index (χ2v) is 4.68. The number of benzene rings is 1. The van der Waals surface area contributed by atoms with Gasteiger partial charge in [-0.2, -0.15) is 0 Å². The van der Waals surface area contributed by atoms with Gasteiger partial charge in [-0.05, 0) is 19.4 Å². The lowest BCUT2D eigenvalue weighted by molar-refractivity contribution is -0.139. The van der Waals surface area contributed by atoms with Crippen LogP contribution in [0.3, 0.4) is 0 Å². The van der Waals surface area contributed by atoms with E-state index in [9.17, 15) is 9.90 Å². The average Bonchev–Trinajstić information content (AvgIpc) is 2.29. The second kappa shape index (κ2) is 6.24. The highest BCUT2D eigenvalue weighted by atomic mass is 35.5. The van der Waals surface area contributed by atoms with E-state index in [0.717, 1.165) is 6.42 Å². The van der Waals surface area contributed by atoms with Crippen molar-refractivity contribution in [3.05, 3.63) is 33.8 Å². The van der Waals surface area contributed by atoms with Crippen LogP contribution in [0, 0.1) is 0 Å². The fourth-order valence-electron chi connectivity index (χ4n) is 1.44. The molecular weight excluding hydrogens is 261 g/mol. The molecule has 0 aliphatic carbocycles. The van der Waals surface area contributed by atoms with E-state index in [1.807, 2.05) is 13.8 Å². The van der Waals surface area contributed by atoms with Crippen LogP contribution in [0.25, 0.3) is 0 Å². The van der Waals surface area contributed by atoms with Crippen LogP contribution < -0.4 is 5.32 Å². The number of aliphatic carboxylic acids is 1. The number of nitrogens with one attached hydrogen (secondary N) is 1. The summed E-state index contributed by atoms with van der Waals surface area (Å²) in [6, 6.07) is 4.25. The zero-order valence-corrected chi connectivity index (χ0v) is 11.2. The lowest BCUT2D eigenvalue weighted by Crippen LogP contribution is -2.35. The van der Waals surface area contributed by atoms with Crippen LogP contribution in [-0.2, 0) is 4.79 Å². The maximum absolute atomic E-state index is 11.3. The molecule has 3 nitrogen and oxygen atoms in total. The Balaban J connectivity index is 3.06. The number of halogens is 2. The predicted molar refractivity (Wildman–Crippen MR) is 69.7 cm³/mol. The number of hydrogen-bond acceptors (Lipinski definition) is 2. The SMILES string of the molecule is CCC(C)NC(C(=O)O)c1cccc(Cl)c1Cl. The minimum absolute atomic E-state index is 0.0890. The van der Waals surface area contributed by atoms with Crippen molar-refractivity contribution in [1.29, 1.82) is 0 Å². The van der Waals surface area contributed by atoms with E-state index in [1.165, 1.54) is 0 Å². The Hall–Kier alpha value is -0.770. The highest BCUT2D eigenvalue weighted by molar-refractivity contribution is 6.42. The molecule has 0 aliphatic rings. The van der Waals surface area contributed by atoms with Crippen LogP contribution in [-0.4, -0.2) is 17.1 Å². The molecule has 0 saturated heterocycles. The van der Waals surface area contributed by atoms with Gasteiger partial charge in [-0.3, -0.25) is 10.1 Å². The van der Waals surface area contributed by atoms with Crippen molar-refractivity contribution in [1.82, 2.24) is 5.32 Å². The van der Waals surface area contributed by atoms with Gasteiger partial charge in [0.15, 0.2) is 0 Å². The summed E-state index contributed by atoms with van der Waals surface area (Å²) in [6.45, 7) is 3.91. The third kappa shape index (κ3) is 3.60. The summed E-state index contributed by atoms with van der Waals surface area (Å²) in [7, 11) is 0. The summed E-state index contributed by atoms with van der Waals surface area (Å²) in [5, 5.41) is 12.9.